The summed E-state index contributed by atoms with van der Waals surface area (Å²) in [6.07, 6.45) is 3.61. The summed E-state index contributed by atoms with van der Waals surface area (Å²) in [5.74, 6) is 1.63. The predicted octanol–water partition coefficient (Wildman–Crippen LogP) is 2.49. The Balaban J connectivity index is 2.51. The van der Waals surface area contributed by atoms with Gasteiger partial charge in [0.25, 0.3) is 0 Å². The minimum absolute atomic E-state index is 0.239. The fourth-order valence-corrected chi connectivity index (χ4v) is 1.96. The van der Waals surface area contributed by atoms with E-state index in [9.17, 15) is 0 Å². The SMILES string of the molecule is CCn1ncnc1CC(C)CC(C)Cl. The zero-order valence-corrected chi connectivity index (χ0v) is 9.83. The molecule has 0 saturated heterocycles. The predicted molar refractivity (Wildman–Crippen MR) is 58.5 cm³/mol. The van der Waals surface area contributed by atoms with Crippen LogP contribution in [0.2, 0.25) is 0 Å². The van der Waals surface area contributed by atoms with Gasteiger partial charge in [0, 0.05) is 18.3 Å². The Labute approximate surface area is 90.5 Å². The van der Waals surface area contributed by atoms with E-state index in [1.807, 2.05) is 11.6 Å². The number of rotatable bonds is 5. The molecule has 0 bridgehead atoms. The van der Waals surface area contributed by atoms with Gasteiger partial charge in [-0.05, 0) is 26.2 Å². The lowest BCUT2D eigenvalue weighted by Crippen LogP contribution is -2.11. The quantitative estimate of drug-likeness (QED) is 0.707. The summed E-state index contributed by atoms with van der Waals surface area (Å²) in [6, 6.07) is 0. The number of nitrogens with zero attached hydrogens (tertiary/aromatic N) is 3. The molecule has 1 aromatic rings. The Hall–Kier alpha value is -0.570. The van der Waals surface area contributed by atoms with Crippen molar-refractivity contribution in [3.05, 3.63) is 12.2 Å². The molecule has 14 heavy (non-hydrogen) atoms. The molecule has 2 unspecified atom stereocenters. The molecule has 1 rings (SSSR count). The Morgan fingerprint density at radius 2 is 2.21 bits per heavy atom. The van der Waals surface area contributed by atoms with E-state index >= 15 is 0 Å². The van der Waals surface area contributed by atoms with E-state index in [0.717, 1.165) is 25.2 Å². The molecule has 0 fully saturated rings. The van der Waals surface area contributed by atoms with Crippen LogP contribution in [0.4, 0.5) is 0 Å². The second-order valence-electron chi connectivity index (χ2n) is 3.82. The normalized spacial score (nSPS) is 15.4. The molecule has 4 heteroatoms. The van der Waals surface area contributed by atoms with Crippen LogP contribution in [-0.4, -0.2) is 20.1 Å². The molecule has 0 aromatic carbocycles. The van der Waals surface area contributed by atoms with Gasteiger partial charge < -0.3 is 0 Å². The zero-order chi connectivity index (χ0) is 10.6. The average Bonchev–Trinajstić information content (AvgIpc) is 2.50. The minimum atomic E-state index is 0.239. The third-order valence-electron chi connectivity index (χ3n) is 2.25. The first kappa shape index (κ1) is 11.5. The lowest BCUT2D eigenvalue weighted by Gasteiger charge is -2.12. The number of halogens is 1. The Morgan fingerprint density at radius 3 is 2.79 bits per heavy atom. The highest BCUT2D eigenvalue weighted by molar-refractivity contribution is 6.20. The van der Waals surface area contributed by atoms with Gasteiger partial charge >= 0.3 is 0 Å². The summed E-state index contributed by atoms with van der Waals surface area (Å²) in [7, 11) is 0. The number of aromatic nitrogens is 3. The topological polar surface area (TPSA) is 30.7 Å². The maximum absolute atomic E-state index is 5.94. The Morgan fingerprint density at radius 1 is 1.50 bits per heavy atom. The molecule has 80 valence electrons. The van der Waals surface area contributed by atoms with Crippen molar-refractivity contribution in [3.63, 3.8) is 0 Å². The van der Waals surface area contributed by atoms with Crippen molar-refractivity contribution >= 4 is 11.6 Å². The molecule has 3 nitrogen and oxygen atoms in total. The first-order valence-corrected chi connectivity index (χ1v) is 5.57. The molecule has 0 saturated carbocycles. The summed E-state index contributed by atoms with van der Waals surface area (Å²) < 4.78 is 1.94. The molecule has 0 aliphatic carbocycles. The third kappa shape index (κ3) is 3.29. The van der Waals surface area contributed by atoms with Gasteiger partial charge in [-0.3, -0.25) is 4.68 Å². The maximum atomic E-state index is 5.94. The largest absolute Gasteiger partial charge is 0.250 e. The first-order chi connectivity index (χ1) is 6.63. The van der Waals surface area contributed by atoms with Gasteiger partial charge in [0.15, 0.2) is 0 Å². The third-order valence-corrected chi connectivity index (χ3v) is 2.43. The lowest BCUT2D eigenvalue weighted by molar-refractivity contribution is 0.488. The average molecular weight is 216 g/mol. The fourth-order valence-electron chi connectivity index (χ4n) is 1.66. The van der Waals surface area contributed by atoms with Crippen LogP contribution in [0.25, 0.3) is 0 Å². The molecule has 0 radical (unpaired) electrons. The molecule has 0 spiro atoms. The maximum Gasteiger partial charge on any atom is 0.138 e. The lowest BCUT2D eigenvalue weighted by atomic mass is 10.0. The Kier molecular flexibility index (Phi) is 4.39. The molecule has 0 N–H and O–H groups in total. The van der Waals surface area contributed by atoms with Gasteiger partial charge in [0.05, 0.1) is 0 Å². The van der Waals surface area contributed by atoms with Gasteiger partial charge in [-0.2, -0.15) is 5.10 Å². The van der Waals surface area contributed by atoms with Crippen molar-refractivity contribution in [1.82, 2.24) is 14.8 Å². The first-order valence-electron chi connectivity index (χ1n) is 5.14. The van der Waals surface area contributed by atoms with Crippen LogP contribution >= 0.6 is 11.6 Å². The fraction of sp³-hybridized carbons (Fsp3) is 0.800. The molecule has 0 aliphatic rings. The number of hydrogen-bond donors (Lipinski definition) is 0. The highest BCUT2D eigenvalue weighted by Gasteiger charge is 2.11. The van der Waals surface area contributed by atoms with Gasteiger partial charge in [-0.15, -0.1) is 11.6 Å². The van der Waals surface area contributed by atoms with Crippen molar-refractivity contribution in [3.8, 4) is 0 Å². The van der Waals surface area contributed by atoms with E-state index in [1.165, 1.54) is 0 Å². The van der Waals surface area contributed by atoms with E-state index in [1.54, 1.807) is 6.33 Å². The van der Waals surface area contributed by atoms with Crippen LogP contribution in [0.3, 0.4) is 0 Å². The van der Waals surface area contributed by atoms with Crippen LogP contribution in [0.15, 0.2) is 6.33 Å². The highest BCUT2D eigenvalue weighted by Crippen LogP contribution is 2.14. The van der Waals surface area contributed by atoms with Gasteiger partial charge in [0.1, 0.15) is 12.2 Å². The van der Waals surface area contributed by atoms with Crippen molar-refractivity contribution in [2.45, 2.75) is 45.5 Å². The Bertz CT molecular complexity index is 270. The van der Waals surface area contributed by atoms with E-state index in [0.29, 0.717) is 5.92 Å². The molecule has 0 amide bonds. The molecule has 2 atom stereocenters. The smallest absolute Gasteiger partial charge is 0.138 e. The van der Waals surface area contributed by atoms with Crippen LogP contribution in [0.5, 0.6) is 0 Å². The van der Waals surface area contributed by atoms with Crippen molar-refractivity contribution in [2.24, 2.45) is 5.92 Å². The van der Waals surface area contributed by atoms with E-state index < -0.39 is 0 Å². The molecule has 0 aliphatic heterocycles. The molecule has 1 heterocycles. The standard InChI is InChI=1S/C10H18ClN3/c1-4-14-10(12-7-13-14)6-8(2)5-9(3)11/h7-9H,4-6H2,1-3H3. The molecular formula is C10H18ClN3. The summed E-state index contributed by atoms with van der Waals surface area (Å²) in [6.45, 7) is 7.20. The van der Waals surface area contributed by atoms with E-state index in [-0.39, 0.29) is 5.38 Å². The minimum Gasteiger partial charge on any atom is -0.250 e. The van der Waals surface area contributed by atoms with Gasteiger partial charge in [0.2, 0.25) is 0 Å². The summed E-state index contributed by atoms with van der Waals surface area (Å²) in [5.41, 5.74) is 0. The van der Waals surface area contributed by atoms with Gasteiger partial charge in [-0.25, -0.2) is 4.98 Å². The monoisotopic (exact) mass is 215 g/mol. The van der Waals surface area contributed by atoms with Crippen molar-refractivity contribution in [2.75, 3.05) is 0 Å². The summed E-state index contributed by atoms with van der Waals surface area (Å²) >= 11 is 5.94. The van der Waals surface area contributed by atoms with Crippen molar-refractivity contribution < 1.29 is 0 Å². The number of aryl methyl sites for hydroxylation is 1. The summed E-state index contributed by atoms with van der Waals surface area (Å²) in [4.78, 5) is 4.24. The second-order valence-corrected chi connectivity index (χ2v) is 4.56. The summed E-state index contributed by atoms with van der Waals surface area (Å²) in [5, 5.41) is 4.38. The van der Waals surface area contributed by atoms with Crippen LogP contribution in [0, 0.1) is 5.92 Å². The zero-order valence-electron chi connectivity index (χ0n) is 9.07. The number of hydrogen-bond acceptors (Lipinski definition) is 2. The molecular weight excluding hydrogens is 198 g/mol. The van der Waals surface area contributed by atoms with Crippen LogP contribution < -0.4 is 0 Å². The van der Waals surface area contributed by atoms with Crippen molar-refractivity contribution in [1.29, 1.82) is 0 Å². The van der Waals surface area contributed by atoms with Crippen LogP contribution in [-0.2, 0) is 13.0 Å². The van der Waals surface area contributed by atoms with E-state index in [4.69, 9.17) is 11.6 Å². The van der Waals surface area contributed by atoms with E-state index in [2.05, 4.69) is 23.9 Å². The van der Waals surface area contributed by atoms with Gasteiger partial charge in [-0.1, -0.05) is 6.92 Å². The highest BCUT2D eigenvalue weighted by atomic mass is 35.5. The number of alkyl halides is 1. The second kappa shape index (κ2) is 5.35. The molecule has 1 aromatic heterocycles. The van der Waals surface area contributed by atoms with Crippen LogP contribution in [0.1, 0.15) is 33.0 Å².